The Hall–Kier alpha value is -2.51. The number of carbonyl (C=O) groups excluding carboxylic acids is 1. The van der Waals surface area contributed by atoms with Gasteiger partial charge in [-0.05, 0) is 50.3 Å². The van der Waals surface area contributed by atoms with Gasteiger partial charge in [-0.15, -0.1) is 0 Å². The minimum absolute atomic E-state index is 0.174. The number of hydrazine groups is 1. The molecule has 0 aromatic heterocycles. The monoisotopic (exact) mass is 405 g/mol. The lowest BCUT2D eigenvalue weighted by atomic mass is 10.0. The van der Waals surface area contributed by atoms with E-state index < -0.39 is 0 Å². The quantitative estimate of drug-likeness (QED) is 0.534. The minimum atomic E-state index is -0.375. The number of hydrogen-bond acceptors (Lipinski definition) is 4. The molecule has 3 rings (SSSR count). The van der Waals surface area contributed by atoms with Gasteiger partial charge in [-0.3, -0.25) is 15.6 Å². The van der Waals surface area contributed by atoms with Crippen LogP contribution < -0.4 is 25.6 Å². The van der Waals surface area contributed by atoms with Gasteiger partial charge in [-0.2, -0.15) is 0 Å². The number of benzene rings is 2. The Morgan fingerprint density at radius 2 is 2.04 bits per heavy atom. The van der Waals surface area contributed by atoms with Gasteiger partial charge in [0.2, 0.25) is 0 Å². The van der Waals surface area contributed by atoms with Crippen molar-refractivity contribution in [1.29, 1.82) is 0 Å². The number of hydrogen-bond donors (Lipinski definition) is 3. The summed E-state index contributed by atoms with van der Waals surface area (Å²) in [7, 11) is 0. The van der Waals surface area contributed by atoms with Gasteiger partial charge in [0.25, 0.3) is 5.91 Å². The lowest BCUT2D eigenvalue weighted by Gasteiger charge is -2.18. The molecular weight excluding hydrogens is 386 g/mol. The number of para-hydroxylation sites is 1. The van der Waals surface area contributed by atoms with Gasteiger partial charge in [0, 0.05) is 22.7 Å². The zero-order chi connectivity index (χ0) is 19.4. The van der Waals surface area contributed by atoms with Crippen molar-refractivity contribution >= 4 is 40.5 Å². The first-order valence-electron chi connectivity index (χ1n) is 8.37. The highest BCUT2D eigenvalue weighted by Crippen LogP contribution is 2.41. The maximum absolute atomic E-state index is 12.0. The SMILES string of the molecule is CC1(C)Cc2cccc(OCC(=O)NNC(=S)Nc3cccc(Cl)c3)c2O1. The van der Waals surface area contributed by atoms with Crippen molar-refractivity contribution in [3.63, 3.8) is 0 Å². The van der Waals surface area contributed by atoms with Crippen LogP contribution >= 0.6 is 23.8 Å². The van der Waals surface area contributed by atoms with E-state index in [9.17, 15) is 4.79 Å². The molecule has 1 aliphatic heterocycles. The molecule has 0 spiro atoms. The van der Waals surface area contributed by atoms with Crippen LogP contribution in [0.25, 0.3) is 0 Å². The molecule has 0 atom stereocenters. The summed E-state index contributed by atoms with van der Waals surface area (Å²) in [5, 5.41) is 3.73. The van der Waals surface area contributed by atoms with E-state index in [4.69, 9.17) is 33.3 Å². The molecular formula is C19H20ClN3O3S. The standard InChI is InChI=1S/C19H20ClN3O3S/c1-19(2)10-12-5-3-8-15(17(12)26-19)25-11-16(24)22-23-18(27)21-14-7-4-6-13(20)9-14/h3-9H,10-11H2,1-2H3,(H,22,24)(H2,21,23,27). The van der Waals surface area contributed by atoms with Crippen molar-refractivity contribution in [3.05, 3.63) is 53.1 Å². The first-order chi connectivity index (χ1) is 12.8. The van der Waals surface area contributed by atoms with Crippen molar-refractivity contribution < 1.29 is 14.3 Å². The van der Waals surface area contributed by atoms with Crippen LogP contribution in [0.4, 0.5) is 5.69 Å². The second-order valence-electron chi connectivity index (χ2n) is 6.71. The topological polar surface area (TPSA) is 71.6 Å². The molecule has 27 heavy (non-hydrogen) atoms. The fourth-order valence-corrected chi connectivity index (χ4v) is 3.09. The average Bonchev–Trinajstić information content (AvgIpc) is 2.92. The van der Waals surface area contributed by atoms with E-state index in [-0.39, 0.29) is 23.2 Å². The smallest absolute Gasteiger partial charge is 0.276 e. The van der Waals surface area contributed by atoms with Crippen molar-refractivity contribution in [1.82, 2.24) is 10.9 Å². The first-order valence-corrected chi connectivity index (χ1v) is 9.16. The summed E-state index contributed by atoms with van der Waals surface area (Å²) < 4.78 is 11.5. The predicted molar refractivity (Wildman–Crippen MR) is 109 cm³/mol. The van der Waals surface area contributed by atoms with E-state index in [1.54, 1.807) is 24.3 Å². The summed E-state index contributed by atoms with van der Waals surface area (Å²) in [5.74, 6) is 0.870. The number of rotatable bonds is 4. The predicted octanol–water partition coefficient (Wildman–Crippen LogP) is 3.45. The molecule has 1 heterocycles. The zero-order valence-electron chi connectivity index (χ0n) is 15.0. The van der Waals surface area contributed by atoms with Gasteiger partial charge in [0.1, 0.15) is 5.60 Å². The van der Waals surface area contributed by atoms with Crippen LogP contribution in [0.2, 0.25) is 5.02 Å². The summed E-state index contributed by atoms with van der Waals surface area (Å²) >= 11 is 11.0. The molecule has 1 amide bonds. The van der Waals surface area contributed by atoms with Gasteiger partial charge in [0.15, 0.2) is 23.2 Å². The van der Waals surface area contributed by atoms with Gasteiger partial charge in [-0.1, -0.05) is 29.8 Å². The lowest BCUT2D eigenvalue weighted by molar-refractivity contribution is -0.123. The van der Waals surface area contributed by atoms with E-state index in [0.717, 1.165) is 12.0 Å². The Balaban J connectivity index is 1.47. The molecule has 8 heteroatoms. The van der Waals surface area contributed by atoms with Crippen LogP contribution in [0.5, 0.6) is 11.5 Å². The highest BCUT2D eigenvalue weighted by Gasteiger charge is 2.32. The normalized spacial score (nSPS) is 13.9. The maximum atomic E-state index is 12.0. The first kappa shape index (κ1) is 19.3. The molecule has 0 bridgehead atoms. The number of anilines is 1. The van der Waals surface area contributed by atoms with Crippen molar-refractivity contribution in [3.8, 4) is 11.5 Å². The molecule has 0 saturated carbocycles. The highest BCUT2D eigenvalue weighted by molar-refractivity contribution is 7.80. The Morgan fingerprint density at radius 3 is 2.81 bits per heavy atom. The van der Waals surface area contributed by atoms with E-state index >= 15 is 0 Å². The van der Waals surface area contributed by atoms with Crippen LogP contribution in [0.3, 0.4) is 0 Å². The number of amides is 1. The third-order valence-corrected chi connectivity index (χ3v) is 4.25. The van der Waals surface area contributed by atoms with Crippen LogP contribution in [-0.4, -0.2) is 23.2 Å². The number of fused-ring (bicyclic) bond motifs is 1. The number of ether oxygens (including phenoxy) is 2. The summed E-state index contributed by atoms with van der Waals surface area (Å²) in [6, 6.07) is 12.7. The molecule has 142 valence electrons. The highest BCUT2D eigenvalue weighted by atomic mass is 35.5. The van der Waals surface area contributed by atoms with Crippen molar-refractivity contribution in [2.45, 2.75) is 25.9 Å². The Bertz CT molecular complexity index is 873. The van der Waals surface area contributed by atoms with Gasteiger partial charge in [0.05, 0.1) is 0 Å². The molecule has 0 saturated heterocycles. The third-order valence-electron chi connectivity index (χ3n) is 3.81. The van der Waals surface area contributed by atoms with Crippen LogP contribution in [0.15, 0.2) is 42.5 Å². The molecule has 2 aromatic rings. The second kappa shape index (κ2) is 8.02. The van der Waals surface area contributed by atoms with E-state index in [1.165, 1.54) is 0 Å². The Labute approximate surface area is 168 Å². The Kier molecular flexibility index (Phi) is 5.72. The molecule has 1 aliphatic rings. The lowest BCUT2D eigenvalue weighted by Crippen LogP contribution is -2.45. The van der Waals surface area contributed by atoms with E-state index in [1.807, 2.05) is 32.0 Å². The van der Waals surface area contributed by atoms with Gasteiger partial charge < -0.3 is 14.8 Å². The molecule has 3 N–H and O–H groups in total. The van der Waals surface area contributed by atoms with Crippen LogP contribution in [-0.2, 0) is 11.2 Å². The number of nitrogens with one attached hydrogen (secondary N) is 3. The fourth-order valence-electron chi connectivity index (χ4n) is 2.74. The second-order valence-corrected chi connectivity index (χ2v) is 7.55. The third kappa shape index (κ3) is 5.24. The van der Waals surface area contributed by atoms with Gasteiger partial charge in [-0.25, -0.2) is 0 Å². The van der Waals surface area contributed by atoms with E-state index in [2.05, 4.69) is 16.2 Å². The molecule has 0 fully saturated rings. The summed E-state index contributed by atoms with van der Waals surface area (Å²) in [5.41, 5.74) is 6.61. The van der Waals surface area contributed by atoms with Crippen LogP contribution in [0, 0.1) is 0 Å². The largest absolute Gasteiger partial charge is 0.483 e. The molecule has 0 radical (unpaired) electrons. The van der Waals surface area contributed by atoms with E-state index in [0.29, 0.717) is 22.2 Å². The number of thiocarbonyl (C=S) groups is 1. The number of carbonyl (C=O) groups is 1. The molecule has 0 aliphatic carbocycles. The molecule has 0 unspecified atom stereocenters. The van der Waals surface area contributed by atoms with Crippen molar-refractivity contribution in [2.75, 3.05) is 11.9 Å². The average molecular weight is 406 g/mol. The van der Waals surface area contributed by atoms with Crippen molar-refractivity contribution in [2.24, 2.45) is 0 Å². The summed E-state index contributed by atoms with van der Waals surface area (Å²) in [4.78, 5) is 12.0. The summed E-state index contributed by atoms with van der Waals surface area (Å²) in [6.07, 6.45) is 0.802. The molecule has 6 nitrogen and oxygen atoms in total. The number of halogens is 1. The minimum Gasteiger partial charge on any atom is -0.483 e. The van der Waals surface area contributed by atoms with Crippen LogP contribution in [0.1, 0.15) is 19.4 Å². The molecule has 2 aromatic carbocycles. The fraction of sp³-hybridized carbons (Fsp3) is 0.263. The van der Waals surface area contributed by atoms with Gasteiger partial charge >= 0.3 is 0 Å². The zero-order valence-corrected chi connectivity index (χ0v) is 16.5. The Morgan fingerprint density at radius 1 is 1.26 bits per heavy atom. The maximum Gasteiger partial charge on any atom is 0.276 e. The summed E-state index contributed by atoms with van der Waals surface area (Å²) in [6.45, 7) is 3.86.